The summed E-state index contributed by atoms with van der Waals surface area (Å²) >= 11 is 0. The predicted molar refractivity (Wildman–Crippen MR) is 123 cm³/mol. The number of benzene rings is 2. The third-order valence-electron chi connectivity index (χ3n) is 4.95. The molecule has 0 fully saturated rings. The quantitative estimate of drug-likeness (QED) is 0.257. The van der Waals surface area contributed by atoms with E-state index in [-0.39, 0.29) is 11.4 Å². The lowest BCUT2D eigenvalue weighted by molar-refractivity contribution is 0.306. The highest BCUT2D eigenvalue weighted by Crippen LogP contribution is 2.42. The average molecular weight is 434 g/mol. The molecule has 0 atom stereocenters. The maximum absolute atomic E-state index is 9.85. The van der Waals surface area contributed by atoms with Crippen LogP contribution in [0.5, 0.6) is 5.75 Å². The van der Waals surface area contributed by atoms with Crippen LogP contribution < -0.4 is 4.74 Å². The zero-order chi connectivity index (χ0) is 22.5. The van der Waals surface area contributed by atoms with Crippen molar-refractivity contribution in [1.82, 2.24) is 0 Å². The Bertz CT molecular complexity index is 1410. The van der Waals surface area contributed by atoms with E-state index in [1.165, 1.54) is 0 Å². The Hall–Kier alpha value is -4.76. The van der Waals surface area contributed by atoms with Gasteiger partial charge in [0, 0.05) is 6.21 Å². The molecule has 3 aromatic heterocycles. The van der Waals surface area contributed by atoms with Crippen molar-refractivity contribution in [1.29, 1.82) is 5.26 Å². The number of rotatable bonds is 7. The summed E-state index contributed by atoms with van der Waals surface area (Å²) in [4.78, 5) is 4.45. The van der Waals surface area contributed by atoms with Crippen molar-refractivity contribution < 1.29 is 18.0 Å². The largest absolute Gasteiger partial charge is 0.489 e. The summed E-state index contributed by atoms with van der Waals surface area (Å²) < 4.78 is 22.9. The number of furan rings is 3. The van der Waals surface area contributed by atoms with Crippen molar-refractivity contribution in [3.05, 3.63) is 108 Å². The van der Waals surface area contributed by atoms with Crippen molar-refractivity contribution in [2.45, 2.75) is 6.61 Å². The normalized spacial score (nSPS) is 11.0. The lowest BCUT2D eigenvalue weighted by Crippen LogP contribution is -1.95. The Morgan fingerprint density at radius 1 is 0.879 bits per heavy atom. The molecule has 0 N–H and O–H groups in total. The molecule has 0 aliphatic carbocycles. The Morgan fingerprint density at radius 3 is 2.39 bits per heavy atom. The minimum absolute atomic E-state index is 0.172. The van der Waals surface area contributed by atoms with Gasteiger partial charge in [-0.05, 0) is 47.5 Å². The van der Waals surface area contributed by atoms with Gasteiger partial charge in [-0.3, -0.25) is 0 Å². The first kappa shape index (κ1) is 20.2. The van der Waals surface area contributed by atoms with E-state index in [1.807, 2.05) is 54.6 Å². The first-order valence-electron chi connectivity index (χ1n) is 10.3. The molecule has 0 aliphatic heterocycles. The first-order chi connectivity index (χ1) is 16.3. The molecule has 5 rings (SSSR count). The number of hydrogen-bond donors (Lipinski definition) is 0. The molecule has 0 aliphatic rings. The monoisotopic (exact) mass is 434 g/mol. The molecule has 6 nitrogen and oxygen atoms in total. The van der Waals surface area contributed by atoms with Crippen molar-refractivity contribution in [2.75, 3.05) is 0 Å². The van der Waals surface area contributed by atoms with Gasteiger partial charge in [0.15, 0.2) is 11.5 Å². The Kier molecular flexibility index (Phi) is 5.60. The number of nitrogens with zero attached hydrogens (tertiary/aromatic N) is 2. The van der Waals surface area contributed by atoms with Gasteiger partial charge < -0.3 is 18.0 Å². The molecule has 0 saturated carbocycles. The van der Waals surface area contributed by atoms with E-state index in [1.54, 1.807) is 43.0 Å². The molecular weight excluding hydrogens is 416 g/mol. The van der Waals surface area contributed by atoms with Gasteiger partial charge in [-0.2, -0.15) is 5.26 Å². The zero-order valence-electron chi connectivity index (χ0n) is 17.5. The second-order valence-electron chi connectivity index (χ2n) is 7.16. The van der Waals surface area contributed by atoms with E-state index in [4.69, 9.17) is 18.0 Å². The lowest BCUT2D eigenvalue weighted by atomic mass is 10.1. The summed E-state index contributed by atoms with van der Waals surface area (Å²) in [6.45, 7) is 0.469. The maximum Gasteiger partial charge on any atom is 0.238 e. The molecule has 0 radical (unpaired) electrons. The van der Waals surface area contributed by atoms with Gasteiger partial charge in [-0.15, -0.1) is 0 Å². The van der Waals surface area contributed by atoms with Crippen LogP contribution in [0.25, 0.3) is 22.8 Å². The van der Waals surface area contributed by atoms with E-state index < -0.39 is 0 Å². The summed E-state index contributed by atoms with van der Waals surface area (Å²) in [5.41, 5.74) is 2.66. The average Bonchev–Trinajstić information content (AvgIpc) is 3.62. The molecule has 0 bridgehead atoms. The van der Waals surface area contributed by atoms with E-state index in [2.05, 4.69) is 11.1 Å². The van der Waals surface area contributed by atoms with E-state index in [9.17, 15) is 5.26 Å². The third-order valence-corrected chi connectivity index (χ3v) is 4.95. The van der Waals surface area contributed by atoms with Crippen LogP contribution in [0.2, 0.25) is 0 Å². The fourth-order valence-corrected chi connectivity index (χ4v) is 3.41. The summed E-state index contributed by atoms with van der Waals surface area (Å²) in [6, 6.07) is 26.7. The summed E-state index contributed by atoms with van der Waals surface area (Å²) in [5, 5.41) is 9.85. The van der Waals surface area contributed by atoms with Crippen molar-refractivity contribution in [3.8, 4) is 34.7 Å². The van der Waals surface area contributed by atoms with Crippen LogP contribution in [0.3, 0.4) is 0 Å². The van der Waals surface area contributed by atoms with Gasteiger partial charge in [0.2, 0.25) is 5.88 Å². The predicted octanol–water partition coefficient (Wildman–Crippen LogP) is 7.00. The van der Waals surface area contributed by atoms with Gasteiger partial charge in [0.05, 0.1) is 18.1 Å². The van der Waals surface area contributed by atoms with Crippen LogP contribution in [0.15, 0.2) is 110 Å². The molecular formula is C27H18N2O4. The minimum atomic E-state index is 0.172. The summed E-state index contributed by atoms with van der Waals surface area (Å²) in [5.74, 6) is 2.26. The van der Waals surface area contributed by atoms with Crippen LogP contribution in [0.1, 0.15) is 16.7 Å². The van der Waals surface area contributed by atoms with Gasteiger partial charge in [-0.1, -0.05) is 42.5 Å². The Morgan fingerprint density at radius 2 is 1.67 bits per heavy atom. The molecule has 0 amide bonds. The highest BCUT2D eigenvalue weighted by atomic mass is 16.5. The molecule has 0 unspecified atom stereocenters. The van der Waals surface area contributed by atoms with E-state index >= 15 is 0 Å². The van der Waals surface area contributed by atoms with Gasteiger partial charge in [0.1, 0.15) is 29.7 Å². The molecule has 0 saturated heterocycles. The Labute approximate surface area is 190 Å². The molecule has 2 aromatic carbocycles. The first-order valence-corrected chi connectivity index (χ1v) is 10.3. The molecule has 6 heteroatoms. The van der Waals surface area contributed by atoms with Crippen LogP contribution >= 0.6 is 0 Å². The number of hydrogen-bond acceptors (Lipinski definition) is 6. The molecule has 0 spiro atoms. The third kappa shape index (κ3) is 4.34. The summed E-state index contributed by atoms with van der Waals surface area (Å²) in [6.07, 6.45) is 4.71. The van der Waals surface area contributed by atoms with E-state index in [0.717, 1.165) is 16.9 Å². The van der Waals surface area contributed by atoms with Crippen LogP contribution in [0, 0.1) is 11.3 Å². The van der Waals surface area contributed by atoms with Crippen LogP contribution in [-0.4, -0.2) is 6.21 Å². The second kappa shape index (κ2) is 9.16. The van der Waals surface area contributed by atoms with Crippen LogP contribution in [-0.2, 0) is 6.61 Å². The topological polar surface area (TPSA) is 84.8 Å². The minimum Gasteiger partial charge on any atom is -0.489 e. The van der Waals surface area contributed by atoms with Crippen molar-refractivity contribution in [3.63, 3.8) is 0 Å². The Balaban J connectivity index is 1.44. The maximum atomic E-state index is 9.85. The lowest BCUT2D eigenvalue weighted by Gasteiger charge is -2.06. The SMILES string of the molecule is N#Cc1c(N=Cc2cccc(OCc3ccccc3)c2)oc(-c2ccco2)c1-c1ccco1. The standard InChI is InChI=1S/C27H18N2O4/c28-16-22-25(23-11-5-13-30-23)26(24-12-6-14-31-24)33-27(22)29-17-20-9-4-10-21(15-20)32-18-19-7-2-1-3-8-19/h1-15,17H,18H2. The zero-order valence-corrected chi connectivity index (χ0v) is 17.5. The number of ether oxygens (including phenoxy) is 1. The van der Waals surface area contributed by atoms with E-state index in [0.29, 0.717) is 29.5 Å². The number of aliphatic imine (C=N–C) groups is 1. The van der Waals surface area contributed by atoms with Gasteiger partial charge in [-0.25, -0.2) is 4.99 Å². The van der Waals surface area contributed by atoms with Gasteiger partial charge >= 0.3 is 0 Å². The van der Waals surface area contributed by atoms with Crippen LogP contribution in [0.4, 0.5) is 5.88 Å². The second-order valence-corrected chi connectivity index (χ2v) is 7.16. The fourth-order valence-electron chi connectivity index (χ4n) is 3.41. The highest BCUT2D eigenvalue weighted by molar-refractivity contribution is 5.87. The van der Waals surface area contributed by atoms with Crippen molar-refractivity contribution in [2.24, 2.45) is 4.99 Å². The molecule has 5 aromatic rings. The molecule has 3 heterocycles. The number of nitriles is 1. The summed E-state index contributed by atoms with van der Waals surface area (Å²) in [7, 11) is 0. The molecule has 160 valence electrons. The smallest absolute Gasteiger partial charge is 0.238 e. The van der Waals surface area contributed by atoms with Crippen molar-refractivity contribution >= 4 is 12.1 Å². The molecule has 33 heavy (non-hydrogen) atoms. The highest BCUT2D eigenvalue weighted by Gasteiger charge is 2.25. The fraction of sp³-hybridized carbons (Fsp3) is 0.0370. The van der Waals surface area contributed by atoms with Gasteiger partial charge in [0.25, 0.3) is 0 Å².